The molecule has 21 heavy (non-hydrogen) atoms. The van der Waals surface area contributed by atoms with E-state index < -0.39 is 0 Å². The van der Waals surface area contributed by atoms with Gasteiger partial charge in [0, 0.05) is 25.5 Å². The van der Waals surface area contributed by atoms with Crippen molar-refractivity contribution in [2.75, 3.05) is 13.2 Å². The first-order valence-corrected chi connectivity index (χ1v) is 7.12. The van der Waals surface area contributed by atoms with Crippen LogP contribution in [-0.4, -0.2) is 28.2 Å². The molecule has 1 unspecified atom stereocenters. The van der Waals surface area contributed by atoms with Crippen LogP contribution in [0.5, 0.6) is 11.6 Å². The monoisotopic (exact) mass is 287 g/mol. The van der Waals surface area contributed by atoms with Gasteiger partial charge in [-0.15, -0.1) is 0 Å². The van der Waals surface area contributed by atoms with E-state index in [0.717, 1.165) is 25.3 Å². The fourth-order valence-electron chi connectivity index (χ4n) is 1.92. The third kappa shape index (κ3) is 5.49. The topological polar surface area (TPSA) is 67.3 Å². The van der Waals surface area contributed by atoms with Gasteiger partial charge in [0.1, 0.15) is 5.75 Å². The minimum Gasteiger partial charge on any atom is -0.438 e. The molecule has 2 aromatic rings. The van der Waals surface area contributed by atoms with Crippen molar-refractivity contribution in [3.63, 3.8) is 0 Å². The summed E-state index contributed by atoms with van der Waals surface area (Å²) in [5.41, 5.74) is 1.19. The molecule has 2 N–H and O–H groups in total. The number of aromatic nitrogens is 2. The smallest absolute Gasteiger partial charge is 0.237 e. The first kappa shape index (κ1) is 15.4. The Kier molecular flexibility index (Phi) is 6.12. The van der Waals surface area contributed by atoms with E-state index in [0.29, 0.717) is 11.8 Å². The van der Waals surface area contributed by atoms with E-state index in [9.17, 15) is 0 Å². The van der Waals surface area contributed by atoms with E-state index in [1.54, 1.807) is 18.6 Å². The fraction of sp³-hybridized carbons (Fsp3) is 0.375. The van der Waals surface area contributed by atoms with Crippen molar-refractivity contribution >= 4 is 0 Å². The van der Waals surface area contributed by atoms with Gasteiger partial charge >= 0.3 is 0 Å². The minimum atomic E-state index is 0.247. The van der Waals surface area contributed by atoms with E-state index in [4.69, 9.17) is 9.84 Å². The molecule has 1 aromatic heterocycles. The summed E-state index contributed by atoms with van der Waals surface area (Å²) >= 11 is 0. The molecule has 1 atom stereocenters. The zero-order valence-electron chi connectivity index (χ0n) is 12.2. The summed E-state index contributed by atoms with van der Waals surface area (Å²) in [5, 5.41) is 12.2. The molecule has 2 rings (SSSR count). The average molecular weight is 287 g/mol. The molecule has 0 aliphatic carbocycles. The van der Waals surface area contributed by atoms with Crippen molar-refractivity contribution < 1.29 is 9.84 Å². The highest BCUT2D eigenvalue weighted by Crippen LogP contribution is 2.18. The molecule has 5 heteroatoms. The number of aliphatic hydroxyl groups excluding tert-OH is 1. The lowest BCUT2D eigenvalue weighted by Crippen LogP contribution is -2.21. The maximum Gasteiger partial charge on any atom is 0.237 e. The van der Waals surface area contributed by atoms with Crippen LogP contribution in [0.2, 0.25) is 0 Å². The number of benzene rings is 1. The lowest BCUT2D eigenvalue weighted by atomic mass is 10.1. The molecule has 0 bridgehead atoms. The Hall–Kier alpha value is -1.98. The SMILES string of the molecule is CC(CCO)CNCc1ccc(Oc2cnccn2)cc1. The quantitative estimate of drug-likeness (QED) is 0.780. The average Bonchev–Trinajstić information content (AvgIpc) is 2.50. The highest BCUT2D eigenvalue weighted by molar-refractivity contribution is 5.29. The number of hydrogen-bond donors (Lipinski definition) is 2. The van der Waals surface area contributed by atoms with Gasteiger partial charge in [0.25, 0.3) is 0 Å². The zero-order chi connectivity index (χ0) is 14.9. The van der Waals surface area contributed by atoms with E-state index in [-0.39, 0.29) is 6.61 Å². The molecule has 0 aliphatic heterocycles. The lowest BCUT2D eigenvalue weighted by molar-refractivity contribution is 0.260. The summed E-state index contributed by atoms with van der Waals surface area (Å²) in [4.78, 5) is 8.02. The molecule has 0 saturated carbocycles. The molecule has 5 nitrogen and oxygen atoms in total. The van der Waals surface area contributed by atoms with Gasteiger partial charge in [-0.2, -0.15) is 0 Å². The molecule has 0 fully saturated rings. The molecule has 0 amide bonds. The van der Waals surface area contributed by atoms with Crippen LogP contribution in [0.25, 0.3) is 0 Å². The van der Waals surface area contributed by atoms with Crippen LogP contribution < -0.4 is 10.1 Å². The Morgan fingerprint density at radius 2 is 2.05 bits per heavy atom. The van der Waals surface area contributed by atoms with Crippen molar-refractivity contribution in [2.45, 2.75) is 19.9 Å². The van der Waals surface area contributed by atoms with Crippen molar-refractivity contribution in [1.82, 2.24) is 15.3 Å². The van der Waals surface area contributed by atoms with Gasteiger partial charge in [-0.1, -0.05) is 19.1 Å². The summed E-state index contributed by atoms with van der Waals surface area (Å²) in [6, 6.07) is 7.89. The Labute approximate surface area is 125 Å². The van der Waals surface area contributed by atoms with Crippen LogP contribution in [0.3, 0.4) is 0 Å². The van der Waals surface area contributed by atoms with Crippen LogP contribution in [0.1, 0.15) is 18.9 Å². The maximum absolute atomic E-state index is 8.85. The molecule has 0 aliphatic rings. The van der Waals surface area contributed by atoms with Gasteiger partial charge in [-0.25, -0.2) is 4.98 Å². The summed E-state index contributed by atoms with van der Waals surface area (Å²) in [6.07, 6.45) is 5.62. The Morgan fingerprint density at radius 1 is 1.24 bits per heavy atom. The van der Waals surface area contributed by atoms with Crippen molar-refractivity contribution in [3.05, 3.63) is 48.4 Å². The van der Waals surface area contributed by atoms with E-state index in [1.807, 2.05) is 24.3 Å². The van der Waals surface area contributed by atoms with Crippen molar-refractivity contribution in [2.24, 2.45) is 5.92 Å². The van der Waals surface area contributed by atoms with Gasteiger partial charge in [-0.05, 0) is 36.6 Å². The molecule has 0 spiro atoms. The standard InChI is InChI=1S/C16H21N3O2/c1-13(6-9-20)10-18-11-14-2-4-15(5-3-14)21-16-12-17-7-8-19-16/h2-5,7-8,12-13,18,20H,6,9-11H2,1H3. The summed E-state index contributed by atoms with van der Waals surface area (Å²) in [5.74, 6) is 1.71. The number of hydrogen-bond acceptors (Lipinski definition) is 5. The normalized spacial score (nSPS) is 12.1. The van der Waals surface area contributed by atoms with Crippen LogP contribution in [0.4, 0.5) is 0 Å². The molecule has 112 valence electrons. The van der Waals surface area contributed by atoms with Crippen LogP contribution >= 0.6 is 0 Å². The first-order valence-electron chi connectivity index (χ1n) is 7.12. The van der Waals surface area contributed by atoms with E-state index in [1.165, 1.54) is 5.56 Å². The van der Waals surface area contributed by atoms with Crippen molar-refractivity contribution in [3.8, 4) is 11.6 Å². The highest BCUT2D eigenvalue weighted by Gasteiger charge is 2.02. The number of rotatable bonds is 8. The van der Waals surface area contributed by atoms with E-state index >= 15 is 0 Å². The van der Waals surface area contributed by atoms with Gasteiger partial charge in [0.15, 0.2) is 0 Å². The number of nitrogens with one attached hydrogen (secondary N) is 1. The first-order chi connectivity index (χ1) is 10.3. The summed E-state index contributed by atoms with van der Waals surface area (Å²) in [6.45, 7) is 4.08. The Bertz CT molecular complexity index is 517. The largest absolute Gasteiger partial charge is 0.438 e. The third-order valence-electron chi connectivity index (χ3n) is 3.13. The Balaban J connectivity index is 1.79. The summed E-state index contributed by atoms with van der Waals surface area (Å²) < 4.78 is 5.59. The number of ether oxygens (including phenoxy) is 1. The van der Waals surface area contributed by atoms with Crippen LogP contribution in [-0.2, 0) is 6.54 Å². The van der Waals surface area contributed by atoms with Crippen LogP contribution in [0, 0.1) is 5.92 Å². The van der Waals surface area contributed by atoms with E-state index in [2.05, 4.69) is 22.2 Å². The number of nitrogens with zero attached hydrogens (tertiary/aromatic N) is 2. The van der Waals surface area contributed by atoms with Gasteiger partial charge in [0.05, 0.1) is 6.20 Å². The van der Waals surface area contributed by atoms with Crippen molar-refractivity contribution in [1.29, 1.82) is 0 Å². The molecular weight excluding hydrogens is 266 g/mol. The fourth-order valence-corrected chi connectivity index (χ4v) is 1.92. The second-order valence-corrected chi connectivity index (χ2v) is 5.04. The molecule has 0 saturated heterocycles. The predicted molar refractivity (Wildman–Crippen MR) is 81.1 cm³/mol. The zero-order valence-corrected chi connectivity index (χ0v) is 12.2. The highest BCUT2D eigenvalue weighted by atomic mass is 16.5. The molecule has 1 heterocycles. The third-order valence-corrected chi connectivity index (χ3v) is 3.13. The molecular formula is C16H21N3O2. The van der Waals surface area contributed by atoms with Gasteiger partial charge < -0.3 is 15.2 Å². The maximum atomic E-state index is 8.85. The van der Waals surface area contributed by atoms with Gasteiger partial charge in [-0.3, -0.25) is 4.98 Å². The second-order valence-electron chi connectivity index (χ2n) is 5.04. The molecule has 0 radical (unpaired) electrons. The minimum absolute atomic E-state index is 0.247. The van der Waals surface area contributed by atoms with Crippen LogP contribution in [0.15, 0.2) is 42.9 Å². The Morgan fingerprint density at radius 3 is 2.71 bits per heavy atom. The lowest BCUT2D eigenvalue weighted by Gasteiger charge is -2.11. The predicted octanol–water partition coefficient (Wildman–Crippen LogP) is 2.38. The van der Waals surface area contributed by atoms with Gasteiger partial charge in [0.2, 0.25) is 5.88 Å². The second kappa shape index (κ2) is 8.34. The summed E-state index contributed by atoms with van der Waals surface area (Å²) in [7, 11) is 0. The molecule has 1 aromatic carbocycles. The number of aliphatic hydroxyl groups is 1.